The SMILES string of the molecule is CCCCCCCCCCNC(=O)C(=O)Nc1ccc(OC)cc1. The van der Waals surface area contributed by atoms with E-state index in [4.69, 9.17) is 4.74 Å². The highest BCUT2D eigenvalue weighted by Crippen LogP contribution is 2.14. The van der Waals surface area contributed by atoms with E-state index in [1.54, 1.807) is 31.4 Å². The molecule has 0 heterocycles. The van der Waals surface area contributed by atoms with Crippen LogP contribution in [-0.2, 0) is 9.59 Å². The van der Waals surface area contributed by atoms with E-state index < -0.39 is 11.8 Å². The second-order valence-electron chi connectivity index (χ2n) is 5.91. The summed E-state index contributed by atoms with van der Waals surface area (Å²) in [5.74, 6) is -0.527. The summed E-state index contributed by atoms with van der Waals surface area (Å²) in [5, 5.41) is 5.23. The first-order valence-corrected chi connectivity index (χ1v) is 8.90. The lowest BCUT2D eigenvalue weighted by atomic mass is 10.1. The van der Waals surface area contributed by atoms with Gasteiger partial charge in [-0.25, -0.2) is 0 Å². The van der Waals surface area contributed by atoms with Gasteiger partial charge in [0.25, 0.3) is 0 Å². The highest BCUT2D eigenvalue weighted by molar-refractivity contribution is 6.39. The highest BCUT2D eigenvalue weighted by atomic mass is 16.5. The number of carbonyl (C=O) groups is 2. The quantitative estimate of drug-likeness (QED) is 0.476. The van der Waals surface area contributed by atoms with E-state index in [9.17, 15) is 9.59 Å². The Morgan fingerprint density at radius 2 is 1.46 bits per heavy atom. The van der Waals surface area contributed by atoms with Gasteiger partial charge in [-0.1, -0.05) is 51.9 Å². The Balaban J connectivity index is 2.10. The summed E-state index contributed by atoms with van der Waals surface area (Å²) in [4.78, 5) is 23.5. The number of unbranched alkanes of at least 4 members (excludes halogenated alkanes) is 7. The van der Waals surface area contributed by atoms with E-state index >= 15 is 0 Å². The van der Waals surface area contributed by atoms with Gasteiger partial charge in [0.15, 0.2) is 0 Å². The Kier molecular flexibility index (Phi) is 10.3. The first-order chi connectivity index (χ1) is 11.7. The van der Waals surface area contributed by atoms with Crippen molar-refractivity contribution in [2.75, 3.05) is 19.0 Å². The van der Waals surface area contributed by atoms with Gasteiger partial charge < -0.3 is 15.4 Å². The molecule has 0 saturated carbocycles. The average Bonchev–Trinajstić information content (AvgIpc) is 2.60. The summed E-state index contributed by atoms with van der Waals surface area (Å²) in [6.07, 6.45) is 9.65. The summed E-state index contributed by atoms with van der Waals surface area (Å²) < 4.78 is 5.04. The van der Waals surface area contributed by atoms with Crippen molar-refractivity contribution < 1.29 is 14.3 Å². The van der Waals surface area contributed by atoms with Gasteiger partial charge in [0.05, 0.1) is 7.11 Å². The van der Waals surface area contributed by atoms with Crippen LogP contribution in [0.25, 0.3) is 0 Å². The minimum Gasteiger partial charge on any atom is -0.497 e. The highest BCUT2D eigenvalue weighted by Gasteiger charge is 2.12. The van der Waals surface area contributed by atoms with Crippen LogP contribution in [0.2, 0.25) is 0 Å². The van der Waals surface area contributed by atoms with Crippen molar-refractivity contribution in [2.45, 2.75) is 58.3 Å². The van der Waals surface area contributed by atoms with Crippen molar-refractivity contribution in [1.82, 2.24) is 5.32 Å². The number of ether oxygens (including phenoxy) is 1. The van der Waals surface area contributed by atoms with Crippen molar-refractivity contribution in [1.29, 1.82) is 0 Å². The summed E-state index contributed by atoms with van der Waals surface area (Å²) >= 11 is 0. The molecule has 5 heteroatoms. The van der Waals surface area contributed by atoms with E-state index in [1.807, 2.05) is 0 Å². The maximum Gasteiger partial charge on any atom is 0.313 e. The molecule has 0 atom stereocenters. The molecule has 0 aromatic heterocycles. The second-order valence-corrected chi connectivity index (χ2v) is 5.91. The Bertz CT molecular complexity index is 486. The fraction of sp³-hybridized carbons (Fsp3) is 0.579. The van der Waals surface area contributed by atoms with Crippen LogP contribution in [0.3, 0.4) is 0 Å². The number of hydrogen-bond donors (Lipinski definition) is 2. The zero-order valence-corrected chi connectivity index (χ0v) is 14.9. The molecule has 1 aromatic carbocycles. The van der Waals surface area contributed by atoms with Gasteiger partial charge in [0, 0.05) is 12.2 Å². The first-order valence-electron chi connectivity index (χ1n) is 8.90. The third-order valence-corrected chi connectivity index (χ3v) is 3.87. The van der Waals surface area contributed by atoms with Crippen LogP contribution in [0, 0.1) is 0 Å². The second kappa shape index (κ2) is 12.4. The Morgan fingerprint density at radius 3 is 2.04 bits per heavy atom. The fourth-order valence-electron chi connectivity index (χ4n) is 2.40. The lowest BCUT2D eigenvalue weighted by Crippen LogP contribution is -2.35. The fourth-order valence-corrected chi connectivity index (χ4v) is 2.40. The average molecular weight is 334 g/mol. The predicted molar refractivity (Wildman–Crippen MR) is 97.2 cm³/mol. The third kappa shape index (κ3) is 8.56. The Morgan fingerprint density at radius 1 is 0.875 bits per heavy atom. The molecule has 5 nitrogen and oxygen atoms in total. The number of nitrogens with one attached hydrogen (secondary N) is 2. The predicted octanol–water partition coefficient (Wildman–Crippen LogP) is 3.89. The standard InChI is InChI=1S/C19H30N2O3/c1-3-4-5-6-7-8-9-10-15-20-18(22)19(23)21-16-11-13-17(24-2)14-12-16/h11-14H,3-10,15H2,1-2H3,(H,20,22)(H,21,23). The van der Waals surface area contributed by atoms with E-state index in [0.717, 1.165) is 12.8 Å². The van der Waals surface area contributed by atoms with E-state index in [0.29, 0.717) is 18.0 Å². The van der Waals surface area contributed by atoms with Crippen LogP contribution in [0.4, 0.5) is 5.69 Å². The van der Waals surface area contributed by atoms with E-state index in [1.165, 1.54) is 38.5 Å². The van der Waals surface area contributed by atoms with Gasteiger partial charge in [-0.3, -0.25) is 9.59 Å². The minimum absolute atomic E-state index is 0.545. The van der Waals surface area contributed by atoms with Crippen molar-refractivity contribution in [3.8, 4) is 5.75 Å². The van der Waals surface area contributed by atoms with Crippen LogP contribution in [0.5, 0.6) is 5.75 Å². The zero-order valence-electron chi connectivity index (χ0n) is 14.9. The number of amides is 2. The summed E-state index contributed by atoms with van der Waals surface area (Å²) in [6, 6.07) is 6.85. The molecule has 2 amide bonds. The van der Waals surface area contributed by atoms with Crippen molar-refractivity contribution >= 4 is 17.5 Å². The Hall–Kier alpha value is -2.04. The van der Waals surface area contributed by atoms with Crippen LogP contribution < -0.4 is 15.4 Å². The molecule has 0 bridgehead atoms. The number of rotatable bonds is 11. The third-order valence-electron chi connectivity index (χ3n) is 3.87. The summed E-state index contributed by atoms with van der Waals surface area (Å²) in [5.41, 5.74) is 0.572. The lowest BCUT2D eigenvalue weighted by molar-refractivity contribution is -0.136. The molecule has 1 rings (SSSR count). The van der Waals surface area contributed by atoms with Crippen molar-refractivity contribution in [3.05, 3.63) is 24.3 Å². The summed E-state index contributed by atoms with van der Waals surface area (Å²) in [7, 11) is 1.58. The van der Waals surface area contributed by atoms with Crippen LogP contribution >= 0.6 is 0 Å². The molecule has 0 fully saturated rings. The molecule has 0 aliphatic rings. The number of methoxy groups -OCH3 is 1. The molecule has 134 valence electrons. The van der Waals surface area contributed by atoms with Gasteiger partial charge >= 0.3 is 11.8 Å². The number of benzene rings is 1. The van der Waals surface area contributed by atoms with Gasteiger partial charge in [-0.2, -0.15) is 0 Å². The monoisotopic (exact) mass is 334 g/mol. The molecule has 2 N–H and O–H groups in total. The van der Waals surface area contributed by atoms with Gasteiger partial charge in [-0.05, 0) is 30.7 Å². The van der Waals surface area contributed by atoms with Gasteiger partial charge in [-0.15, -0.1) is 0 Å². The summed E-state index contributed by atoms with van der Waals surface area (Å²) in [6.45, 7) is 2.76. The van der Waals surface area contributed by atoms with E-state index in [2.05, 4.69) is 17.6 Å². The molecule has 0 aliphatic carbocycles. The molecule has 0 unspecified atom stereocenters. The van der Waals surface area contributed by atoms with Crippen LogP contribution in [0.1, 0.15) is 58.3 Å². The first kappa shape index (κ1) is 20.0. The van der Waals surface area contributed by atoms with Crippen molar-refractivity contribution in [3.63, 3.8) is 0 Å². The molecular weight excluding hydrogens is 304 g/mol. The molecular formula is C19H30N2O3. The van der Waals surface area contributed by atoms with Gasteiger partial charge in [0.2, 0.25) is 0 Å². The zero-order chi connectivity index (χ0) is 17.6. The smallest absolute Gasteiger partial charge is 0.313 e. The minimum atomic E-state index is -0.639. The van der Waals surface area contributed by atoms with E-state index in [-0.39, 0.29) is 0 Å². The number of carbonyl (C=O) groups excluding carboxylic acids is 2. The number of anilines is 1. The molecule has 0 aliphatic heterocycles. The van der Waals surface area contributed by atoms with Crippen molar-refractivity contribution in [2.24, 2.45) is 0 Å². The van der Waals surface area contributed by atoms with Crippen LogP contribution in [0.15, 0.2) is 24.3 Å². The maximum atomic E-state index is 11.8. The Labute approximate surface area is 145 Å². The van der Waals surface area contributed by atoms with Gasteiger partial charge in [0.1, 0.15) is 5.75 Å². The largest absolute Gasteiger partial charge is 0.497 e. The lowest BCUT2D eigenvalue weighted by Gasteiger charge is -2.07. The molecule has 24 heavy (non-hydrogen) atoms. The maximum absolute atomic E-state index is 11.8. The topological polar surface area (TPSA) is 67.4 Å². The molecule has 0 radical (unpaired) electrons. The van der Waals surface area contributed by atoms with Crippen LogP contribution in [-0.4, -0.2) is 25.5 Å². The number of hydrogen-bond acceptors (Lipinski definition) is 3. The molecule has 1 aromatic rings. The normalized spacial score (nSPS) is 10.2. The molecule has 0 saturated heterocycles. The molecule has 0 spiro atoms.